The molecule has 0 radical (unpaired) electrons. The fourth-order valence-electron chi connectivity index (χ4n) is 2.88. The average Bonchev–Trinajstić information content (AvgIpc) is 2.68. The van der Waals surface area contributed by atoms with Gasteiger partial charge in [-0.1, -0.05) is 0 Å². The van der Waals surface area contributed by atoms with Gasteiger partial charge in [-0.25, -0.2) is 4.98 Å². The van der Waals surface area contributed by atoms with Crippen LogP contribution in [-0.4, -0.2) is 61.2 Å². The van der Waals surface area contributed by atoms with Gasteiger partial charge in [0.05, 0.1) is 14.2 Å². The molecular weight excluding hydrogens is 334 g/mol. The number of rotatable bonds is 5. The van der Waals surface area contributed by atoms with Crippen molar-refractivity contribution in [1.82, 2.24) is 14.9 Å². The summed E-state index contributed by atoms with van der Waals surface area (Å²) in [6.45, 7) is 4.53. The number of hydrogen-bond donors (Lipinski definition) is 1. The van der Waals surface area contributed by atoms with Gasteiger partial charge in [-0.05, 0) is 18.2 Å². The number of nitrogens with zero attached hydrogens (tertiary/aromatic N) is 4. The minimum Gasteiger partial charge on any atom is -0.493 e. The van der Waals surface area contributed by atoms with E-state index in [0.717, 1.165) is 24.6 Å². The van der Waals surface area contributed by atoms with Gasteiger partial charge in [0.2, 0.25) is 11.9 Å². The fraction of sp³-hybridized carbons (Fsp3) is 0.389. The van der Waals surface area contributed by atoms with Crippen LogP contribution in [0.25, 0.3) is 0 Å². The van der Waals surface area contributed by atoms with E-state index in [1.54, 1.807) is 27.3 Å². The van der Waals surface area contributed by atoms with Crippen molar-refractivity contribution in [1.29, 1.82) is 0 Å². The van der Waals surface area contributed by atoms with Crippen molar-refractivity contribution in [2.45, 2.75) is 6.92 Å². The second-order valence-corrected chi connectivity index (χ2v) is 5.93. The number of ether oxygens (including phenoxy) is 2. The summed E-state index contributed by atoms with van der Waals surface area (Å²) in [5, 5.41) is 3.19. The SMILES string of the molecule is COc1ccc(Nc2nccc(N3CCN(C(C)=O)CC3)n2)cc1OC. The number of piperazine rings is 1. The number of carbonyl (C=O) groups is 1. The summed E-state index contributed by atoms with van der Waals surface area (Å²) in [5.41, 5.74) is 0.807. The number of carbonyl (C=O) groups excluding carboxylic acids is 1. The van der Waals surface area contributed by atoms with E-state index >= 15 is 0 Å². The molecule has 1 aromatic carbocycles. The number of aromatic nitrogens is 2. The van der Waals surface area contributed by atoms with Gasteiger partial charge in [-0.15, -0.1) is 0 Å². The Morgan fingerprint density at radius 1 is 1.08 bits per heavy atom. The van der Waals surface area contributed by atoms with Crippen LogP contribution >= 0.6 is 0 Å². The predicted molar refractivity (Wildman–Crippen MR) is 99.3 cm³/mol. The van der Waals surface area contributed by atoms with E-state index in [-0.39, 0.29) is 5.91 Å². The first-order chi connectivity index (χ1) is 12.6. The van der Waals surface area contributed by atoms with Gasteiger partial charge in [-0.3, -0.25) is 4.79 Å². The highest BCUT2D eigenvalue weighted by atomic mass is 16.5. The standard InChI is InChI=1S/C18H23N5O3/c1-13(24)22-8-10-23(11-9-22)17-6-7-19-18(21-17)20-14-4-5-15(25-2)16(12-14)26-3/h4-7,12H,8-11H2,1-3H3,(H,19,20,21). The fourth-order valence-corrected chi connectivity index (χ4v) is 2.88. The third-order valence-corrected chi connectivity index (χ3v) is 4.33. The Balaban J connectivity index is 1.71. The lowest BCUT2D eigenvalue weighted by atomic mass is 10.3. The van der Waals surface area contributed by atoms with Crippen LogP contribution in [0.4, 0.5) is 17.5 Å². The van der Waals surface area contributed by atoms with E-state index in [9.17, 15) is 4.79 Å². The Bertz CT molecular complexity index is 775. The van der Waals surface area contributed by atoms with Crippen LogP contribution in [0.2, 0.25) is 0 Å². The minimum absolute atomic E-state index is 0.114. The van der Waals surface area contributed by atoms with Crippen molar-refractivity contribution in [3.63, 3.8) is 0 Å². The number of anilines is 3. The highest BCUT2D eigenvalue weighted by Crippen LogP contribution is 2.30. The number of methoxy groups -OCH3 is 2. The van der Waals surface area contributed by atoms with E-state index < -0.39 is 0 Å². The summed E-state index contributed by atoms with van der Waals surface area (Å²) in [7, 11) is 3.20. The lowest BCUT2D eigenvalue weighted by molar-refractivity contribution is -0.129. The van der Waals surface area contributed by atoms with E-state index in [0.29, 0.717) is 30.5 Å². The van der Waals surface area contributed by atoms with Crippen molar-refractivity contribution in [2.24, 2.45) is 0 Å². The topological polar surface area (TPSA) is 79.8 Å². The second-order valence-electron chi connectivity index (χ2n) is 5.93. The molecule has 2 heterocycles. The molecule has 1 aliphatic heterocycles. The predicted octanol–water partition coefficient (Wildman–Crippen LogP) is 1.91. The third-order valence-electron chi connectivity index (χ3n) is 4.33. The minimum atomic E-state index is 0.114. The number of amides is 1. The lowest BCUT2D eigenvalue weighted by Crippen LogP contribution is -2.48. The zero-order valence-electron chi connectivity index (χ0n) is 15.2. The molecule has 1 amide bonds. The summed E-state index contributed by atoms with van der Waals surface area (Å²) in [5.74, 6) is 2.75. The number of nitrogens with one attached hydrogen (secondary N) is 1. The Hall–Kier alpha value is -3.03. The molecule has 0 aliphatic carbocycles. The molecule has 0 saturated carbocycles. The Kier molecular flexibility index (Phi) is 5.40. The highest BCUT2D eigenvalue weighted by molar-refractivity contribution is 5.73. The van der Waals surface area contributed by atoms with E-state index in [1.165, 1.54) is 0 Å². The monoisotopic (exact) mass is 357 g/mol. The number of benzene rings is 1. The van der Waals surface area contributed by atoms with Gasteiger partial charge in [0.15, 0.2) is 11.5 Å². The van der Waals surface area contributed by atoms with Crippen molar-refractivity contribution < 1.29 is 14.3 Å². The first-order valence-corrected chi connectivity index (χ1v) is 8.43. The summed E-state index contributed by atoms with van der Waals surface area (Å²) in [4.78, 5) is 24.3. The van der Waals surface area contributed by atoms with Crippen LogP contribution in [0.15, 0.2) is 30.5 Å². The zero-order chi connectivity index (χ0) is 18.5. The Morgan fingerprint density at radius 3 is 2.46 bits per heavy atom. The highest BCUT2D eigenvalue weighted by Gasteiger charge is 2.19. The third kappa shape index (κ3) is 3.96. The Morgan fingerprint density at radius 2 is 1.81 bits per heavy atom. The second kappa shape index (κ2) is 7.90. The van der Waals surface area contributed by atoms with E-state index in [2.05, 4.69) is 20.2 Å². The summed E-state index contributed by atoms with van der Waals surface area (Å²) >= 11 is 0. The van der Waals surface area contributed by atoms with Crippen LogP contribution < -0.4 is 19.7 Å². The quantitative estimate of drug-likeness (QED) is 0.875. The van der Waals surface area contributed by atoms with Crippen molar-refractivity contribution in [3.8, 4) is 11.5 Å². The zero-order valence-corrected chi connectivity index (χ0v) is 15.2. The van der Waals surface area contributed by atoms with Crippen molar-refractivity contribution >= 4 is 23.4 Å². The molecular formula is C18H23N5O3. The van der Waals surface area contributed by atoms with E-state index in [4.69, 9.17) is 9.47 Å². The molecule has 8 nitrogen and oxygen atoms in total. The van der Waals surface area contributed by atoms with Crippen LogP contribution in [0.3, 0.4) is 0 Å². The molecule has 1 saturated heterocycles. The lowest BCUT2D eigenvalue weighted by Gasteiger charge is -2.34. The normalized spacial score (nSPS) is 14.1. The maximum Gasteiger partial charge on any atom is 0.229 e. The molecule has 3 rings (SSSR count). The molecule has 138 valence electrons. The molecule has 8 heteroatoms. The van der Waals surface area contributed by atoms with Crippen LogP contribution in [-0.2, 0) is 4.79 Å². The van der Waals surface area contributed by atoms with E-state index in [1.807, 2.05) is 29.2 Å². The molecule has 0 unspecified atom stereocenters. The number of hydrogen-bond acceptors (Lipinski definition) is 7. The first-order valence-electron chi connectivity index (χ1n) is 8.43. The van der Waals surface area contributed by atoms with Crippen molar-refractivity contribution in [3.05, 3.63) is 30.5 Å². The molecule has 26 heavy (non-hydrogen) atoms. The molecule has 0 atom stereocenters. The largest absolute Gasteiger partial charge is 0.493 e. The summed E-state index contributed by atoms with van der Waals surface area (Å²) < 4.78 is 10.6. The van der Waals surface area contributed by atoms with Gasteiger partial charge in [-0.2, -0.15) is 4.98 Å². The average molecular weight is 357 g/mol. The molecule has 0 bridgehead atoms. The van der Waals surface area contributed by atoms with Crippen LogP contribution in [0.1, 0.15) is 6.92 Å². The summed E-state index contributed by atoms with van der Waals surface area (Å²) in [6.07, 6.45) is 1.72. The molecule has 0 spiro atoms. The van der Waals surface area contributed by atoms with Crippen molar-refractivity contribution in [2.75, 3.05) is 50.6 Å². The maximum atomic E-state index is 11.4. The molecule has 1 aliphatic rings. The maximum absolute atomic E-state index is 11.4. The van der Waals surface area contributed by atoms with Crippen LogP contribution in [0.5, 0.6) is 11.5 Å². The van der Waals surface area contributed by atoms with Gasteiger partial charge < -0.3 is 24.6 Å². The van der Waals surface area contributed by atoms with Gasteiger partial charge in [0.25, 0.3) is 0 Å². The van der Waals surface area contributed by atoms with Gasteiger partial charge in [0, 0.05) is 51.1 Å². The smallest absolute Gasteiger partial charge is 0.229 e. The molecule has 1 fully saturated rings. The first kappa shape index (κ1) is 17.8. The molecule has 1 aromatic heterocycles. The Labute approximate surface area is 152 Å². The van der Waals surface area contributed by atoms with Gasteiger partial charge >= 0.3 is 0 Å². The van der Waals surface area contributed by atoms with Gasteiger partial charge in [0.1, 0.15) is 5.82 Å². The molecule has 1 N–H and O–H groups in total. The molecule has 2 aromatic rings. The van der Waals surface area contributed by atoms with Crippen LogP contribution in [0, 0.1) is 0 Å². The summed E-state index contributed by atoms with van der Waals surface area (Å²) in [6, 6.07) is 7.42.